The second kappa shape index (κ2) is 9.23. The van der Waals surface area contributed by atoms with Gasteiger partial charge in [0.15, 0.2) is 11.5 Å². The molecule has 144 valence electrons. The molecule has 2 aromatic carbocycles. The fourth-order valence-corrected chi connectivity index (χ4v) is 3.16. The summed E-state index contributed by atoms with van der Waals surface area (Å²) in [6.07, 6.45) is 4.88. The Morgan fingerprint density at radius 3 is 2.71 bits per heavy atom. The number of ether oxygens (including phenoxy) is 2. The van der Waals surface area contributed by atoms with Crippen molar-refractivity contribution in [2.75, 3.05) is 19.5 Å². The molecule has 0 unspecified atom stereocenters. The fourth-order valence-electron chi connectivity index (χ4n) is 2.75. The van der Waals surface area contributed by atoms with Crippen molar-refractivity contribution in [1.82, 2.24) is 9.78 Å². The Morgan fingerprint density at radius 1 is 1.14 bits per heavy atom. The van der Waals surface area contributed by atoms with Crippen LogP contribution >= 0.6 is 15.9 Å². The number of anilines is 1. The second-order valence-corrected chi connectivity index (χ2v) is 6.73. The van der Waals surface area contributed by atoms with E-state index in [0.29, 0.717) is 23.9 Å². The van der Waals surface area contributed by atoms with Gasteiger partial charge >= 0.3 is 0 Å². The van der Waals surface area contributed by atoms with Crippen molar-refractivity contribution in [3.8, 4) is 11.5 Å². The van der Waals surface area contributed by atoms with Crippen molar-refractivity contribution in [2.45, 2.75) is 6.54 Å². The van der Waals surface area contributed by atoms with E-state index >= 15 is 0 Å². The van der Waals surface area contributed by atoms with Crippen LogP contribution in [0.5, 0.6) is 11.5 Å². The van der Waals surface area contributed by atoms with Crippen molar-refractivity contribution in [3.05, 3.63) is 76.4 Å². The summed E-state index contributed by atoms with van der Waals surface area (Å²) in [4.78, 5) is 12.3. The molecule has 0 spiro atoms. The van der Waals surface area contributed by atoms with Gasteiger partial charge in [-0.05, 0) is 23.8 Å². The molecule has 0 bridgehead atoms. The maximum atomic E-state index is 12.3. The first-order valence-corrected chi connectivity index (χ1v) is 9.37. The summed E-state index contributed by atoms with van der Waals surface area (Å²) in [7, 11) is 3.19. The molecule has 3 aromatic rings. The number of para-hydroxylation sites is 1. The predicted molar refractivity (Wildman–Crippen MR) is 113 cm³/mol. The normalized spacial score (nSPS) is 10.8. The maximum absolute atomic E-state index is 12.3. The molecule has 0 fully saturated rings. The zero-order chi connectivity index (χ0) is 19.9. The summed E-state index contributed by atoms with van der Waals surface area (Å²) in [6.45, 7) is 0.428. The van der Waals surface area contributed by atoms with E-state index in [1.54, 1.807) is 37.2 Å². The topological polar surface area (TPSA) is 65.4 Å². The van der Waals surface area contributed by atoms with E-state index < -0.39 is 0 Å². The molecular formula is C21H20BrN3O3. The molecule has 0 saturated carbocycles. The van der Waals surface area contributed by atoms with Gasteiger partial charge in [-0.15, -0.1) is 0 Å². The van der Waals surface area contributed by atoms with Crippen molar-refractivity contribution < 1.29 is 14.3 Å². The molecule has 1 N–H and O–H groups in total. The fraction of sp³-hybridized carbons (Fsp3) is 0.143. The molecule has 1 amide bonds. The highest BCUT2D eigenvalue weighted by atomic mass is 79.9. The summed E-state index contributed by atoms with van der Waals surface area (Å²) < 4.78 is 13.4. The van der Waals surface area contributed by atoms with Crippen LogP contribution in [0.2, 0.25) is 0 Å². The minimum Gasteiger partial charge on any atom is -0.493 e. The Labute approximate surface area is 171 Å². The summed E-state index contributed by atoms with van der Waals surface area (Å²) in [5, 5.41) is 7.16. The van der Waals surface area contributed by atoms with Crippen LogP contribution in [0.3, 0.4) is 0 Å². The molecule has 3 rings (SSSR count). The lowest BCUT2D eigenvalue weighted by molar-refractivity contribution is -0.111. The van der Waals surface area contributed by atoms with E-state index in [4.69, 9.17) is 9.47 Å². The number of halogens is 1. The van der Waals surface area contributed by atoms with E-state index in [1.807, 2.05) is 42.5 Å². The molecule has 0 atom stereocenters. The first-order chi connectivity index (χ1) is 13.6. The molecular weight excluding hydrogens is 422 g/mol. The largest absolute Gasteiger partial charge is 0.493 e. The monoisotopic (exact) mass is 441 g/mol. The summed E-state index contributed by atoms with van der Waals surface area (Å²) >= 11 is 3.46. The standard InChI is InChI=1S/C21H20BrN3O3/c1-27-18-9-5-7-16(21(18)28-2)14-25-19(12-13-23-25)24-20(26)11-10-15-6-3-4-8-17(15)22/h3-13H,14H2,1-2H3,(H,24,26). The molecule has 7 heteroatoms. The van der Waals surface area contributed by atoms with E-state index in [2.05, 4.69) is 26.3 Å². The van der Waals surface area contributed by atoms with Crippen LogP contribution in [-0.2, 0) is 11.3 Å². The number of carbonyl (C=O) groups is 1. The van der Waals surface area contributed by atoms with Crippen LogP contribution in [-0.4, -0.2) is 29.9 Å². The van der Waals surface area contributed by atoms with Gasteiger partial charge in [0.1, 0.15) is 5.82 Å². The number of methoxy groups -OCH3 is 2. The lowest BCUT2D eigenvalue weighted by Gasteiger charge is -2.14. The van der Waals surface area contributed by atoms with Crippen LogP contribution in [0.1, 0.15) is 11.1 Å². The van der Waals surface area contributed by atoms with Crippen molar-refractivity contribution in [1.29, 1.82) is 0 Å². The number of amides is 1. The number of benzene rings is 2. The van der Waals surface area contributed by atoms with E-state index in [9.17, 15) is 4.79 Å². The Morgan fingerprint density at radius 2 is 1.96 bits per heavy atom. The van der Waals surface area contributed by atoms with E-state index in [1.165, 1.54) is 6.08 Å². The number of hydrogen-bond acceptors (Lipinski definition) is 4. The van der Waals surface area contributed by atoms with E-state index in [-0.39, 0.29) is 5.91 Å². The zero-order valence-corrected chi connectivity index (χ0v) is 17.1. The van der Waals surface area contributed by atoms with Crippen LogP contribution in [0.15, 0.2) is 65.3 Å². The summed E-state index contributed by atoms with van der Waals surface area (Å²) in [5.41, 5.74) is 1.82. The highest BCUT2D eigenvalue weighted by Crippen LogP contribution is 2.31. The molecule has 0 aliphatic carbocycles. The second-order valence-electron chi connectivity index (χ2n) is 5.87. The van der Waals surface area contributed by atoms with Crippen LogP contribution in [0.4, 0.5) is 5.82 Å². The lowest BCUT2D eigenvalue weighted by atomic mass is 10.2. The van der Waals surface area contributed by atoms with Gasteiger partial charge in [-0.3, -0.25) is 4.79 Å². The molecule has 6 nitrogen and oxygen atoms in total. The molecule has 0 aliphatic heterocycles. The number of rotatable bonds is 7. The Bertz CT molecular complexity index is 998. The Hall–Kier alpha value is -3.06. The minimum atomic E-state index is -0.241. The van der Waals surface area contributed by atoms with Gasteiger partial charge in [-0.25, -0.2) is 4.68 Å². The zero-order valence-electron chi connectivity index (χ0n) is 15.6. The molecule has 28 heavy (non-hydrogen) atoms. The lowest BCUT2D eigenvalue weighted by Crippen LogP contribution is -2.14. The first-order valence-electron chi connectivity index (χ1n) is 8.57. The predicted octanol–water partition coefficient (Wildman–Crippen LogP) is 4.36. The van der Waals surface area contributed by atoms with Crippen molar-refractivity contribution in [2.24, 2.45) is 0 Å². The van der Waals surface area contributed by atoms with Gasteiger partial charge in [0.25, 0.3) is 0 Å². The maximum Gasteiger partial charge on any atom is 0.249 e. The van der Waals surface area contributed by atoms with Crippen LogP contribution in [0.25, 0.3) is 6.08 Å². The number of hydrogen-bond donors (Lipinski definition) is 1. The van der Waals surface area contributed by atoms with Gasteiger partial charge in [0.05, 0.1) is 27.0 Å². The van der Waals surface area contributed by atoms with Crippen molar-refractivity contribution in [3.63, 3.8) is 0 Å². The molecule has 0 radical (unpaired) electrons. The quantitative estimate of drug-likeness (QED) is 0.553. The number of carbonyl (C=O) groups excluding carboxylic acids is 1. The van der Waals surface area contributed by atoms with Gasteiger partial charge in [-0.2, -0.15) is 5.10 Å². The molecule has 0 saturated heterocycles. The highest BCUT2D eigenvalue weighted by molar-refractivity contribution is 9.10. The van der Waals surface area contributed by atoms with E-state index in [0.717, 1.165) is 15.6 Å². The Kier molecular flexibility index (Phi) is 6.49. The number of aromatic nitrogens is 2. The average molecular weight is 442 g/mol. The molecule has 1 aromatic heterocycles. The molecule has 1 heterocycles. The first kappa shape index (κ1) is 19.7. The van der Waals surface area contributed by atoms with Gasteiger partial charge in [0.2, 0.25) is 5.91 Å². The van der Waals surface area contributed by atoms with Gasteiger partial charge < -0.3 is 14.8 Å². The Balaban J connectivity index is 1.74. The van der Waals surface area contributed by atoms with Gasteiger partial charge in [0, 0.05) is 22.2 Å². The van der Waals surface area contributed by atoms with Gasteiger partial charge in [-0.1, -0.05) is 46.3 Å². The number of nitrogens with zero attached hydrogens (tertiary/aromatic N) is 2. The van der Waals surface area contributed by atoms with Crippen molar-refractivity contribution >= 4 is 33.7 Å². The minimum absolute atomic E-state index is 0.241. The molecule has 0 aliphatic rings. The third-order valence-corrected chi connectivity index (χ3v) is 4.81. The summed E-state index contributed by atoms with van der Waals surface area (Å²) in [6, 6.07) is 15.1. The smallest absolute Gasteiger partial charge is 0.249 e. The number of nitrogens with one attached hydrogen (secondary N) is 1. The average Bonchev–Trinajstić information content (AvgIpc) is 3.13. The highest BCUT2D eigenvalue weighted by Gasteiger charge is 2.12. The van der Waals surface area contributed by atoms with Crippen LogP contribution < -0.4 is 14.8 Å². The third kappa shape index (κ3) is 4.61. The third-order valence-electron chi connectivity index (χ3n) is 4.09. The van der Waals surface area contributed by atoms with Crippen LogP contribution in [0, 0.1) is 0 Å². The SMILES string of the molecule is COc1cccc(Cn2nccc2NC(=O)C=Cc2ccccc2Br)c1OC. The summed E-state index contributed by atoms with van der Waals surface area (Å²) in [5.74, 6) is 1.64.